The molecule has 0 radical (unpaired) electrons. The van der Waals surface area contributed by atoms with Gasteiger partial charge in [0.2, 0.25) is 0 Å². The van der Waals surface area contributed by atoms with Crippen molar-refractivity contribution in [3.05, 3.63) is 209 Å². The van der Waals surface area contributed by atoms with Crippen LogP contribution in [-0.2, 0) is 0 Å². The number of fused-ring (bicyclic) bond motifs is 10. The summed E-state index contributed by atoms with van der Waals surface area (Å²) in [6.45, 7) is 7.18. The largest absolute Gasteiger partial charge is 0.333 e. The molecule has 0 bridgehead atoms. The highest BCUT2D eigenvalue weighted by molar-refractivity contribution is 8.04. The van der Waals surface area contributed by atoms with Crippen LogP contribution in [0.1, 0.15) is 43.7 Å². The van der Waals surface area contributed by atoms with Crippen LogP contribution in [0.25, 0.3) is 32.3 Å². The highest BCUT2D eigenvalue weighted by atomic mass is 32.2. The van der Waals surface area contributed by atoms with Crippen LogP contribution >= 0.6 is 23.5 Å². The lowest BCUT2D eigenvalue weighted by Crippen LogP contribution is -2.36. The third kappa shape index (κ3) is 5.86. The van der Waals surface area contributed by atoms with Gasteiger partial charge in [0.25, 0.3) is 0 Å². The average Bonchev–Trinajstić information content (AvgIpc) is 3.82. The smallest absolute Gasteiger partial charge is 0.0585 e. The fourth-order valence-corrected chi connectivity index (χ4v) is 13.9. The van der Waals surface area contributed by atoms with E-state index in [4.69, 9.17) is 0 Å². The number of hydrogen-bond acceptors (Lipinski definition) is 4. The number of benzene rings is 6. The van der Waals surface area contributed by atoms with Gasteiger partial charge in [-0.1, -0.05) is 147 Å². The van der Waals surface area contributed by atoms with Crippen molar-refractivity contribution in [3.8, 4) is 0 Å². The van der Waals surface area contributed by atoms with Gasteiger partial charge >= 0.3 is 0 Å². The van der Waals surface area contributed by atoms with Crippen molar-refractivity contribution < 1.29 is 0 Å². The molecular weight excluding hydrogens is 777 g/mol. The Morgan fingerprint density at radius 2 is 1.46 bits per heavy atom. The molecule has 0 N–H and O–H groups in total. The van der Waals surface area contributed by atoms with Gasteiger partial charge < -0.3 is 9.80 Å². The number of para-hydroxylation sites is 1. The molecule has 6 aromatic carbocycles. The number of nitrogens with zero attached hydrogens (tertiary/aromatic N) is 2. The third-order valence-electron chi connectivity index (χ3n) is 14.0. The Kier molecular flexibility index (Phi) is 8.80. The van der Waals surface area contributed by atoms with Gasteiger partial charge in [0.05, 0.1) is 17.4 Å². The highest BCUT2D eigenvalue weighted by Gasteiger charge is 2.44. The summed E-state index contributed by atoms with van der Waals surface area (Å²) in [6.07, 6.45) is 33.0. The Balaban J connectivity index is 1.10. The summed E-state index contributed by atoms with van der Waals surface area (Å²) in [5, 5.41) is 8.15. The summed E-state index contributed by atoms with van der Waals surface area (Å²) >= 11 is 4.08. The zero-order chi connectivity index (χ0) is 40.8. The van der Waals surface area contributed by atoms with Crippen LogP contribution in [-0.4, -0.2) is 16.0 Å². The fourth-order valence-electron chi connectivity index (χ4n) is 11.1. The van der Waals surface area contributed by atoms with E-state index < -0.39 is 0 Å². The van der Waals surface area contributed by atoms with E-state index in [9.17, 15) is 0 Å². The summed E-state index contributed by atoms with van der Waals surface area (Å²) in [5.41, 5.74) is 10.4. The molecule has 0 fully saturated rings. The minimum Gasteiger partial charge on any atom is -0.333 e. The molecule has 4 aliphatic carbocycles. The summed E-state index contributed by atoms with van der Waals surface area (Å²) in [6, 6.07) is 39.3. The minimum atomic E-state index is 0.0244. The minimum absolute atomic E-state index is 0.0244. The van der Waals surface area contributed by atoms with Gasteiger partial charge in [0.1, 0.15) is 0 Å². The van der Waals surface area contributed by atoms with Crippen molar-refractivity contribution in [3.63, 3.8) is 0 Å². The van der Waals surface area contributed by atoms with Crippen molar-refractivity contribution in [2.45, 2.75) is 60.5 Å². The Bertz CT molecular complexity index is 3070. The maximum absolute atomic E-state index is 2.68. The predicted molar refractivity (Wildman–Crippen MR) is 265 cm³/mol. The predicted octanol–water partition coefficient (Wildman–Crippen LogP) is 15.7. The van der Waals surface area contributed by atoms with E-state index >= 15 is 0 Å². The van der Waals surface area contributed by atoms with Crippen LogP contribution in [0.15, 0.2) is 203 Å². The van der Waals surface area contributed by atoms with E-state index in [0.717, 1.165) is 12.8 Å². The standard InChI is InChI=1S/C57H48N2S2/c1-36-17-7-14-26-50(36)59(39-29-30-53-47(33-39)43-22-12-15-27-52(43)60-53)56-37(2)55-44-23-10-9-21-42(44)51(35-48(55)41-20-8-11-24-45(41)56)58(38-18-5-4-6-19-38)40-31-32-57(3)49(34-40)46-25-13-16-28-54(46)61-57/h4-15,17-27,29-36,43,49-50,52H,16,28H2,1-3H3. The summed E-state index contributed by atoms with van der Waals surface area (Å²) in [4.78, 5) is 8.17. The van der Waals surface area contributed by atoms with Gasteiger partial charge in [-0.2, -0.15) is 0 Å². The number of rotatable bonds is 6. The topological polar surface area (TPSA) is 6.48 Å². The van der Waals surface area contributed by atoms with Crippen LogP contribution in [0.2, 0.25) is 0 Å². The van der Waals surface area contributed by atoms with Gasteiger partial charge in [-0.25, -0.2) is 0 Å². The van der Waals surface area contributed by atoms with Crippen molar-refractivity contribution in [2.75, 3.05) is 9.80 Å². The number of hydrogen-bond donors (Lipinski definition) is 0. The van der Waals surface area contributed by atoms with Crippen molar-refractivity contribution in [1.82, 2.24) is 0 Å². The Labute approximate surface area is 368 Å². The second kappa shape index (κ2) is 14.5. The van der Waals surface area contributed by atoms with E-state index in [1.807, 2.05) is 11.8 Å². The SMILES string of the molecule is Cc1c(N(c2ccc3c(c2)C2C=CC=CC2S3)C2C=CC=CC2C)c2ccccc2c2cc(N(C3=CC4C5=C(CCC=C5)SC4(C)C=C3)c3ccccc3)c3ccccc3c12. The average molecular weight is 825 g/mol. The first-order chi connectivity index (χ1) is 29.9. The Hall–Kier alpha value is -5.68. The molecule has 6 atom stereocenters. The molecule has 2 heterocycles. The van der Waals surface area contributed by atoms with E-state index in [-0.39, 0.29) is 10.8 Å². The third-order valence-corrected chi connectivity index (χ3v) is 16.9. The molecule has 12 rings (SSSR count). The van der Waals surface area contributed by atoms with Gasteiger partial charge in [-0.05, 0) is 118 Å². The molecule has 0 aromatic heterocycles. The summed E-state index contributed by atoms with van der Waals surface area (Å²) in [7, 11) is 0. The summed E-state index contributed by atoms with van der Waals surface area (Å²) in [5.74, 6) is 1.03. The lowest BCUT2D eigenvalue weighted by atomic mass is 9.80. The van der Waals surface area contributed by atoms with Gasteiger partial charge in [-0.15, -0.1) is 23.5 Å². The first kappa shape index (κ1) is 37.1. The van der Waals surface area contributed by atoms with Crippen LogP contribution in [0.3, 0.4) is 0 Å². The van der Waals surface area contributed by atoms with Gasteiger partial charge in [0.15, 0.2) is 0 Å². The first-order valence-corrected chi connectivity index (χ1v) is 23.7. The Morgan fingerprint density at radius 1 is 0.705 bits per heavy atom. The lowest BCUT2D eigenvalue weighted by Gasteiger charge is -2.39. The molecule has 0 amide bonds. The normalized spacial score (nSPS) is 25.6. The molecule has 61 heavy (non-hydrogen) atoms. The molecule has 2 nitrogen and oxygen atoms in total. The number of thioether (sulfide) groups is 2. The number of aryl methyl sites for hydroxylation is 1. The maximum atomic E-state index is 2.68. The van der Waals surface area contributed by atoms with Crippen LogP contribution in [0.5, 0.6) is 0 Å². The maximum Gasteiger partial charge on any atom is 0.0585 e. The number of anilines is 4. The zero-order valence-electron chi connectivity index (χ0n) is 34.8. The van der Waals surface area contributed by atoms with Crippen LogP contribution < -0.4 is 9.80 Å². The molecule has 2 aliphatic heterocycles. The lowest BCUT2D eigenvalue weighted by molar-refractivity contribution is 0.609. The molecule has 6 aromatic rings. The van der Waals surface area contributed by atoms with E-state index in [1.165, 1.54) is 82.4 Å². The van der Waals surface area contributed by atoms with Crippen LogP contribution in [0, 0.1) is 18.8 Å². The summed E-state index contributed by atoms with van der Waals surface area (Å²) < 4.78 is 0.0244. The number of allylic oxidation sites excluding steroid dienone is 11. The molecule has 0 saturated heterocycles. The van der Waals surface area contributed by atoms with E-state index in [0.29, 0.717) is 23.0 Å². The second-order valence-electron chi connectivity index (χ2n) is 17.7. The molecule has 0 spiro atoms. The van der Waals surface area contributed by atoms with Gasteiger partial charge in [0, 0.05) is 54.6 Å². The quantitative estimate of drug-likeness (QED) is 0.154. The molecule has 0 saturated carbocycles. The zero-order valence-corrected chi connectivity index (χ0v) is 36.5. The molecule has 6 aliphatic rings. The second-order valence-corrected chi connectivity index (χ2v) is 20.4. The fraction of sp³-hybridized carbons (Fsp3) is 0.193. The monoisotopic (exact) mass is 824 g/mol. The molecule has 4 heteroatoms. The van der Waals surface area contributed by atoms with Crippen molar-refractivity contribution >= 4 is 78.6 Å². The van der Waals surface area contributed by atoms with Crippen molar-refractivity contribution in [1.29, 1.82) is 0 Å². The molecule has 6 unspecified atom stereocenters. The van der Waals surface area contributed by atoms with Crippen LogP contribution in [0.4, 0.5) is 22.7 Å². The molecule has 298 valence electrons. The Morgan fingerprint density at radius 3 is 2.31 bits per heavy atom. The van der Waals surface area contributed by atoms with E-state index in [2.05, 4.69) is 224 Å². The van der Waals surface area contributed by atoms with Crippen molar-refractivity contribution in [2.24, 2.45) is 11.8 Å². The first-order valence-electron chi connectivity index (χ1n) is 22.0. The van der Waals surface area contributed by atoms with Gasteiger partial charge in [-0.3, -0.25) is 0 Å². The molecular formula is C57H48N2S2. The highest BCUT2D eigenvalue weighted by Crippen LogP contribution is 2.58. The van der Waals surface area contributed by atoms with E-state index in [1.54, 1.807) is 4.91 Å².